The van der Waals surface area contributed by atoms with Crippen molar-refractivity contribution in [2.45, 2.75) is 19.8 Å². The highest BCUT2D eigenvalue weighted by Gasteiger charge is 2.09. The second-order valence-electron chi connectivity index (χ2n) is 5.29. The lowest BCUT2D eigenvalue weighted by Crippen LogP contribution is -2.16. The van der Waals surface area contributed by atoms with Gasteiger partial charge in [-0.1, -0.05) is 24.7 Å². The van der Waals surface area contributed by atoms with Crippen molar-refractivity contribution in [2.75, 3.05) is 18.5 Å². The van der Waals surface area contributed by atoms with Crippen LogP contribution in [0.3, 0.4) is 0 Å². The van der Waals surface area contributed by atoms with E-state index in [1.807, 2.05) is 6.92 Å². The number of nitrogens with one attached hydrogen (secondary N) is 1. The molecule has 25 heavy (non-hydrogen) atoms. The van der Waals surface area contributed by atoms with Gasteiger partial charge in [-0.3, -0.25) is 4.79 Å². The van der Waals surface area contributed by atoms with Crippen molar-refractivity contribution in [1.82, 2.24) is 14.6 Å². The Morgan fingerprint density at radius 3 is 2.92 bits per heavy atom. The minimum absolute atomic E-state index is 0.0189. The number of benzene rings is 1. The molecule has 9 heteroatoms. The van der Waals surface area contributed by atoms with E-state index in [0.29, 0.717) is 16.6 Å². The van der Waals surface area contributed by atoms with Gasteiger partial charge in [-0.25, -0.2) is 13.8 Å². The van der Waals surface area contributed by atoms with E-state index < -0.39 is 11.6 Å². The van der Waals surface area contributed by atoms with Crippen LogP contribution in [0.4, 0.5) is 13.9 Å². The minimum atomic E-state index is -0.751. The normalized spacial score (nSPS) is 11.0. The maximum absolute atomic E-state index is 13.4. The molecule has 0 bridgehead atoms. The molecule has 0 atom stereocenters. The smallest absolute Gasteiger partial charge is 0.275 e. The number of ether oxygens (including phenoxy) is 1. The first-order valence-electron chi connectivity index (χ1n) is 7.78. The molecule has 0 amide bonds. The van der Waals surface area contributed by atoms with Crippen LogP contribution in [0.15, 0.2) is 29.1 Å². The van der Waals surface area contributed by atoms with E-state index in [2.05, 4.69) is 15.4 Å². The lowest BCUT2D eigenvalue weighted by Gasteiger charge is -2.07. The summed E-state index contributed by atoms with van der Waals surface area (Å²) in [4.78, 5) is 16.9. The lowest BCUT2D eigenvalue weighted by molar-refractivity contribution is 0.314. The highest BCUT2D eigenvalue weighted by atomic mass is 32.1. The molecule has 6 nitrogen and oxygen atoms in total. The first-order valence-corrected chi connectivity index (χ1v) is 8.60. The average Bonchev–Trinajstić information content (AvgIpc) is 2.97. The Balaban J connectivity index is 1.61. The Labute approximate surface area is 146 Å². The van der Waals surface area contributed by atoms with Gasteiger partial charge in [-0.15, -0.1) is 5.10 Å². The zero-order chi connectivity index (χ0) is 17.8. The van der Waals surface area contributed by atoms with Crippen molar-refractivity contribution < 1.29 is 13.5 Å². The van der Waals surface area contributed by atoms with E-state index in [0.717, 1.165) is 30.7 Å². The quantitative estimate of drug-likeness (QED) is 0.651. The average molecular weight is 366 g/mol. The van der Waals surface area contributed by atoms with Crippen molar-refractivity contribution in [3.05, 3.63) is 51.9 Å². The van der Waals surface area contributed by atoms with E-state index in [4.69, 9.17) is 4.74 Å². The van der Waals surface area contributed by atoms with Crippen molar-refractivity contribution in [2.24, 2.45) is 0 Å². The summed E-state index contributed by atoms with van der Waals surface area (Å²) in [5, 5.41) is 7.67. The second kappa shape index (κ2) is 7.56. The van der Waals surface area contributed by atoms with Crippen molar-refractivity contribution in [3.63, 3.8) is 0 Å². The fourth-order valence-corrected chi connectivity index (χ4v) is 3.07. The summed E-state index contributed by atoms with van der Waals surface area (Å²) in [5.74, 6) is -1.42. The molecule has 2 aromatic heterocycles. The van der Waals surface area contributed by atoms with E-state index in [1.54, 1.807) is 0 Å². The molecule has 0 spiro atoms. The molecule has 132 valence electrons. The number of nitrogens with zero attached hydrogens (tertiary/aromatic N) is 3. The summed E-state index contributed by atoms with van der Waals surface area (Å²) < 4.78 is 32.8. The predicted molar refractivity (Wildman–Crippen MR) is 91.5 cm³/mol. The molecule has 1 N–H and O–H groups in total. The molecular weight excluding hydrogens is 350 g/mol. The number of hydrogen-bond acceptors (Lipinski definition) is 6. The number of hydrogen-bond donors (Lipinski definition) is 1. The van der Waals surface area contributed by atoms with Gasteiger partial charge in [0.1, 0.15) is 12.4 Å². The van der Waals surface area contributed by atoms with Crippen LogP contribution in [0, 0.1) is 11.6 Å². The Bertz CT molecular complexity index is 942. The number of anilines is 1. The molecule has 0 aliphatic heterocycles. The van der Waals surface area contributed by atoms with Crippen LogP contribution in [0.5, 0.6) is 5.75 Å². The van der Waals surface area contributed by atoms with E-state index in [-0.39, 0.29) is 17.9 Å². The number of aromatic nitrogens is 3. The minimum Gasteiger partial charge on any atom is -0.489 e. The van der Waals surface area contributed by atoms with Crippen LogP contribution >= 0.6 is 11.3 Å². The first kappa shape index (κ1) is 17.3. The van der Waals surface area contributed by atoms with Crippen LogP contribution in [0.25, 0.3) is 4.96 Å². The van der Waals surface area contributed by atoms with Gasteiger partial charge in [-0.2, -0.15) is 4.52 Å². The lowest BCUT2D eigenvalue weighted by atomic mass is 10.2. The number of aryl methyl sites for hydroxylation is 1. The highest BCUT2D eigenvalue weighted by molar-refractivity contribution is 7.20. The van der Waals surface area contributed by atoms with Crippen LogP contribution in [-0.2, 0) is 6.42 Å². The zero-order valence-corrected chi connectivity index (χ0v) is 14.3. The molecule has 0 saturated carbocycles. The van der Waals surface area contributed by atoms with Gasteiger partial charge in [0.05, 0.1) is 6.54 Å². The molecule has 2 heterocycles. The molecule has 3 rings (SSSR count). The number of halogens is 2. The van der Waals surface area contributed by atoms with Gasteiger partial charge in [0.15, 0.2) is 11.6 Å². The second-order valence-corrected chi connectivity index (χ2v) is 6.24. The standard InChI is InChI=1S/C16H16F2N4O2S/c1-2-3-11-9-14(23)22-16(20-11)25-15(21-22)19-6-7-24-13-5-4-10(17)8-12(13)18/h4-5,8-9H,2-3,6-7H2,1H3,(H,19,21). The predicted octanol–water partition coefficient (Wildman–Crippen LogP) is 2.87. The molecule has 0 saturated heterocycles. The Hall–Kier alpha value is -2.55. The summed E-state index contributed by atoms with van der Waals surface area (Å²) in [6, 6.07) is 4.62. The van der Waals surface area contributed by atoms with Gasteiger partial charge in [0.2, 0.25) is 10.1 Å². The summed E-state index contributed by atoms with van der Waals surface area (Å²) in [7, 11) is 0. The molecule has 0 fully saturated rings. The summed E-state index contributed by atoms with van der Waals surface area (Å²) in [6.07, 6.45) is 1.65. The van der Waals surface area contributed by atoms with Crippen molar-refractivity contribution in [1.29, 1.82) is 0 Å². The Morgan fingerprint density at radius 1 is 1.32 bits per heavy atom. The number of rotatable bonds is 7. The topological polar surface area (TPSA) is 68.5 Å². The molecule has 0 aliphatic rings. The van der Waals surface area contributed by atoms with Gasteiger partial charge < -0.3 is 10.1 Å². The van der Waals surface area contributed by atoms with Crippen molar-refractivity contribution >= 4 is 21.4 Å². The first-order chi connectivity index (χ1) is 12.1. The third-order valence-corrected chi connectivity index (χ3v) is 4.20. The molecule has 0 radical (unpaired) electrons. The molecule has 0 unspecified atom stereocenters. The highest BCUT2D eigenvalue weighted by Crippen LogP contribution is 2.18. The summed E-state index contributed by atoms with van der Waals surface area (Å²) >= 11 is 1.25. The number of fused-ring (bicyclic) bond motifs is 1. The van der Waals surface area contributed by atoms with E-state index in [9.17, 15) is 13.6 Å². The maximum Gasteiger partial charge on any atom is 0.275 e. The van der Waals surface area contributed by atoms with Crippen molar-refractivity contribution in [3.8, 4) is 5.75 Å². The fraction of sp³-hybridized carbons (Fsp3) is 0.312. The van der Waals surface area contributed by atoms with Crippen LogP contribution in [-0.4, -0.2) is 27.7 Å². The summed E-state index contributed by atoms with van der Waals surface area (Å²) in [6.45, 7) is 2.52. The van der Waals surface area contributed by atoms with Gasteiger partial charge in [-0.05, 0) is 18.6 Å². The summed E-state index contributed by atoms with van der Waals surface area (Å²) in [5.41, 5.74) is 0.528. The largest absolute Gasteiger partial charge is 0.489 e. The Morgan fingerprint density at radius 2 is 2.16 bits per heavy atom. The van der Waals surface area contributed by atoms with Gasteiger partial charge in [0, 0.05) is 17.8 Å². The van der Waals surface area contributed by atoms with Crippen LogP contribution in [0.1, 0.15) is 19.0 Å². The zero-order valence-electron chi connectivity index (χ0n) is 13.5. The van der Waals surface area contributed by atoms with E-state index >= 15 is 0 Å². The third-order valence-electron chi connectivity index (χ3n) is 3.33. The van der Waals surface area contributed by atoms with Crippen LogP contribution in [0.2, 0.25) is 0 Å². The van der Waals surface area contributed by atoms with Crippen LogP contribution < -0.4 is 15.6 Å². The fourth-order valence-electron chi connectivity index (χ4n) is 2.22. The van der Waals surface area contributed by atoms with Gasteiger partial charge in [0.25, 0.3) is 5.56 Å². The molecular formula is C16H16F2N4O2S. The monoisotopic (exact) mass is 366 g/mol. The molecule has 0 aliphatic carbocycles. The maximum atomic E-state index is 13.4. The SMILES string of the molecule is CCCc1cc(=O)n2nc(NCCOc3ccc(F)cc3F)sc2n1. The third kappa shape index (κ3) is 4.11. The molecule has 1 aromatic carbocycles. The van der Waals surface area contributed by atoms with E-state index in [1.165, 1.54) is 28.0 Å². The Kier molecular flexibility index (Phi) is 5.22. The molecule has 3 aromatic rings. The van der Waals surface area contributed by atoms with Gasteiger partial charge >= 0.3 is 0 Å².